The van der Waals surface area contributed by atoms with Crippen LogP contribution in [0.1, 0.15) is 30.9 Å². The minimum absolute atomic E-state index is 0.0318. The summed E-state index contributed by atoms with van der Waals surface area (Å²) >= 11 is 0. The van der Waals surface area contributed by atoms with Crippen molar-refractivity contribution < 1.29 is 5.11 Å². The minimum atomic E-state index is 0.0318. The molecule has 0 aliphatic carbocycles. The van der Waals surface area contributed by atoms with Crippen molar-refractivity contribution in [1.29, 1.82) is 0 Å². The highest BCUT2D eigenvalue weighted by atomic mass is 16.3. The van der Waals surface area contributed by atoms with E-state index < -0.39 is 0 Å². The van der Waals surface area contributed by atoms with Crippen LogP contribution in [0.2, 0.25) is 0 Å². The Balaban J connectivity index is 2.27. The lowest BCUT2D eigenvalue weighted by atomic mass is 10.0. The molecule has 84 valence electrons. The Morgan fingerprint density at radius 2 is 1.94 bits per heavy atom. The molecule has 0 atom stereocenters. The van der Waals surface area contributed by atoms with Crippen molar-refractivity contribution in [3.05, 3.63) is 47.8 Å². The summed E-state index contributed by atoms with van der Waals surface area (Å²) in [6, 6.07) is 8.31. The third-order valence-electron chi connectivity index (χ3n) is 2.64. The summed E-state index contributed by atoms with van der Waals surface area (Å²) in [5.41, 5.74) is 3.16. The molecule has 0 fully saturated rings. The molecule has 0 radical (unpaired) electrons. The Morgan fingerprint density at radius 1 is 1.25 bits per heavy atom. The summed E-state index contributed by atoms with van der Waals surface area (Å²) in [5, 5.41) is 13.1. The second-order valence-electron chi connectivity index (χ2n) is 4.20. The highest BCUT2D eigenvalue weighted by Gasteiger charge is 2.02. The molecule has 2 aromatic rings. The molecule has 0 aliphatic rings. The zero-order valence-electron chi connectivity index (χ0n) is 9.59. The third kappa shape index (κ3) is 2.14. The number of hydrogen-bond acceptors (Lipinski definition) is 2. The van der Waals surface area contributed by atoms with Gasteiger partial charge in [-0.25, -0.2) is 4.68 Å². The van der Waals surface area contributed by atoms with Crippen molar-refractivity contribution in [2.45, 2.75) is 26.4 Å². The van der Waals surface area contributed by atoms with Gasteiger partial charge in [-0.3, -0.25) is 0 Å². The molecule has 0 aliphatic heterocycles. The highest BCUT2D eigenvalue weighted by molar-refractivity contribution is 5.35. The Hall–Kier alpha value is -1.61. The van der Waals surface area contributed by atoms with Gasteiger partial charge in [0.1, 0.15) is 0 Å². The van der Waals surface area contributed by atoms with E-state index in [1.165, 1.54) is 5.56 Å². The van der Waals surface area contributed by atoms with Crippen molar-refractivity contribution in [2.24, 2.45) is 0 Å². The lowest BCUT2D eigenvalue weighted by Gasteiger charge is -2.06. The van der Waals surface area contributed by atoms with Gasteiger partial charge in [-0.15, -0.1) is 0 Å². The van der Waals surface area contributed by atoms with Crippen molar-refractivity contribution in [3.63, 3.8) is 0 Å². The molecular formula is C13H16N2O. The minimum Gasteiger partial charge on any atom is -0.392 e. The van der Waals surface area contributed by atoms with Crippen LogP contribution in [-0.4, -0.2) is 14.9 Å². The third-order valence-corrected chi connectivity index (χ3v) is 2.64. The molecule has 1 heterocycles. The second-order valence-corrected chi connectivity index (χ2v) is 4.20. The number of hydrogen-bond donors (Lipinski definition) is 1. The van der Waals surface area contributed by atoms with E-state index in [0.29, 0.717) is 5.92 Å². The first-order chi connectivity index (χ1) is 7.70. The number of aliphatic hydroxyl groups is 1. The second kappa shape index (κ2) is 4.49. The van der Waals surface area contributed by atoms with Crippen LogP contribution in [0.5, 0.6) is 0 Å². The standard InChI is InChI=1S/C13H16N2O/c1-10(2)12-3-5-13(6-4-12)15-8-11(9-16)7-14-15/h3-8,10,16H,9H2,1-2H3. The topological polar surface area (TPSA) is 38.0 Å². The SMILES string of the molecule is CC(C)c1ccc(-n2cc(CO)cn2)cc1. The Labute approximate surface area is 95.3 Å². The number of nitrogens with zero attached hydrogens (tertiary/aromatic N) is 2. The van der Waals surface area contributed by atoms with E-state index in [9.17, 15) is 0 Å². The Morgan fingerprint density at radius 3 is 2.44 bits per heavy atom. The first-order valence-corrected chi connectivity index (χ1v) is 5.45. The van der Waals surface area contributed by atoms with E-state index in [4.69, 9.17) is 5.11 Å². The predicted molar refractivity (Wildman–Crippen MR) is 63.6 cm³/mol. The first-order valence-electron chi connectivity index (χ1n) is 5.45. The fourth-order valence-corrected chi connectivity index (χ4v) is 1.59. The van der Waals surface area contributed by atoms with Gasteiger partial charge in [-0.1, -0.05) is 26.0 Å². The van der Waals surface area contributed by atoms with E-state index in [2.05, 4.69) is 31.1 Å². The summed E-state index contributed by atoms with van der Waals surface area (Å²) in [4.78, 5) is 0. The number of benzene rings is 1. The Bertz CT molecular complexity index is 457. The quantitative estimate of drug-likeness (QED) is 0.856. The van der Waals surface area contributed by atoms with Gasteiger partial charge in [0.2, 0.25) is 0 Å². The molecule has 0 amide bonds. The van der Waals surface area contributed by atoms with Crippen LogP contribution in [0.25, 0.3) is 5.69 Å². The van der Waals surface area contributed by atoms with Gasteiger partial charge in [-0.2, -0.15) is 5.10 Å². The molecule has 3 heteroatoms. The van der Waals surface area contributed by atoms with Gasteiger partial charge in [0, 0.05) is 11.8 Å². The van der Waals surface area contributed by atoms with Crippen LogP contribution in [0.15, 0.2) is 36.7 Å². The fraction of sp³-hybridized carbons (Fsp3) is 0.308. The van der Waals surface area contributed by atoms with Crippen molar-refractivity contribution in [2.75, 3.05) is 0 Å². The summed E-state index contributed by atoms with van der Waals surface area (Å²) in [6.07, 6.45) is 3.51. The summed E-state index contributed by atoms with van der Waals surface area (Å²) in [5.74, 6) is 0.541. The van der Waals surface area contributed by atoms with Crippen LogP contribution in [0.4, 0.5) is 0 Å². The van der Waals surface area contributed by atoms with E-state index in [1.807, 2.05) is 18.3 Å². The van der Waals surface area contributed by atoms with Crippen molar-refractivity contribution in [1.82, 2.24) is 9.78 Å². The molecule has 0 bridgehead atoms. The molecule has 0 saturated carbocycles. The lowest BCUT2D eigenvalue weighted by molar-refractivity contribution is 0.282. The summed E-state index contributed by atoms with van der Waals surface area (Å²) < 4.78 is 1.77. The van der Waals surface area contributed by atoms with E-state index in [0.717, 1.165) is 11.3 Å². The zero-order valence-corrected chi connectivity index (χ0v) is 9.59. The van der Waals surface area contributed by atoms with E-state index in [-0.39, 0.29) is 6.61 Å². The molecule has 1 aromatic carbocycles. The summed E-state index contributed by atoms with van der Waals surface area (Å²) in [6.45, 7) is 4.38. The van der Waals surface area contributed by atoms with Gasteiger partial charge >= 0.3 is 0 Å². The van der Waals surface area contributed by atoms with Crippen LogP contribution in [0.3, 0.4) is 0 Å². The maximum Gasteiger partial charge on any atom is 0.0712 e. The molecule has 1 aromatic heterocycles. The van der Waals surface area contributed by atoms with Crippen molar-refractivity contribution in [3.8, 4) is 5.69 Å². The largest absolute Gasteiger partial charge is 0.392 e. The molecule has 16 heavy (non-hydrogen) atoms. The molecule has 1 N–H and O–H groups in total. The lowest BCUT2D eigenvalue weighted by Crippen LogP contribution is -1.95. The maximum atomic E-state index is 8.96. The van der Waals surface area contributed by atoms with Crippen molar-refractivity contribution >= 4 is 0 Å². The zero-order chi connectivity index (χ0) is 11.5. The van der Waals surface area contributed by atoms with Gasteiger partial charge in [0.05, 0.1) is 18.5 Å². The maximum absolute atomic E-state index is 8.96. The predicted octanol–water partition coefficient (Wildman–Crippen LogP) is 2.49. The van der Waals surface area contributed by atoms with Gasteiger partial charge in [0.15, 0.2) is 0 Å². The fourth-order valence-electron chi connectivity index (χ4n) is 1.59. The molecular weight excluding hydrogens is 200 g/mol. The van der Waals surface area contributed by atoms with Crippen LogP contribution >= 0.6 is 0 Å². The molecule has 0 spiro atoms. The number of aromatic nitrogens is 2. The summed E-state index contributed by atoms with van der Waals surface area (Å²) in [7, 11) is 0. The average Bonchev–Trinajstić information content (AvgIpc) is 2.77. The van der Waals surface area contributed by atoms with Crippen LogP contribution < -0.4 is 0 Å². The highest BCUT2D eigenvalue weighted by Crippen LogP contribution is 2.16. The van der Waals surface area contributed by atoms with Gasteiger partial charge in [-0.05, 0) is 23.6 Å². The molecule has 3 nitrogen and oxygen atoms in total. The first kappa shape index (κ1) is 10.9. The number of aliphatic hydroxyl groups excluding tert-OH is 1. The monoisotopic (exact) mass is 216 g/mol. The normalized spacial score (nSPS) is 11.0. The van der Waals surface area contributed by atoms with Crippen LogP contribution in [-0.2, 0) is 6.61 Å². The average molecular weight is 216 g/mol. The van der Waals surface area contributed by atoms with Crippen LogP contribution in [0, 0.1) is 0 Å². The smallest absolute Gasteiger partial charge is 0.0712 e. The Kier molecular flexibility index (Phi) is 3.06. The van der Waals surface area contributed by atoms with E-state index >= 15 is 0 Å². The molecule has 2 rings (SSSR count). The van der Waals surface area contributed by atoms with E-state index in [1.54, 1.807) is 10.9 Å². The molecule has 0 saturated heterocycles. The molecule has 0 unspecified atom stereocenters. The van der Waals surface area contributed by atoms with Gasteiger partial charge < -0.3 is 5.11 Å². The van der Waals surface area contributed by atoms with Gasteiger partial charge in [0.25, 0.3) is 0 Å². The number of rotatable bonds is 3.